The van der Waals surface area contributed by atoms with Crippen LogP contribution in [0.15, 0.2) is 12.3 Å². The number of hydrogen-bond donors (Lipinski definition) is 2. The summed E-state index contributed by atoms with van der Waals surface area (Å²) in [7, 11) is 0. The van der Waals surface area contributed by atoms with E-state index >= 15 is 0 Å². The molecule has 96 valence electrons. The molecule has 0 spiro atoms. The van der Waals surface area contributed by atoms with Crippen molar-refractivity contribution in [3.8, 4) is 6.07 Å². The van der Waals surface area contributed by atoms with Crippen LogP contribution in [0, 0.1) is 17.2 Å². The Morgan fingerprint density at radius 2 is 2.22 bits per heavy atom. The summed E-state index contributed by atoms with van der Waals surface area (Å²) in [6.45, 7) is 6.38. The lowest BCUT2D eigenvalue weighted by Gasteiger charge is -2.15. The van der Waals surface area contributed by atoms with Gasteiger partial charge in [0.1, 0.15) is 12.1 Å². The molecule has 2 N–H and O–H groups in total. The van der Waals surface area contributed by atoms with Crippen LogP contribution in [0.2, 0.25) is 0 Å². The van der Waals surface area contributed by atoms with E-state index in [4.69, 9.17) is 5.26 Å². The maximum Gasteiger partial charge on any atom is 0.242 e. The van der Waals surface area contributed by atoms with Crippen LogP contribution >= 0.6 is 0 Å². The van der Waals surface area contributed by atoms with Crippen LogP contribution in [0.5, 0.6) is 0 Å². The summed E-state index contributed by atoms with van der Waals surface area (Å²) in [5.41, 5.74) is 0.369. The van der Waals surface area contributed by atoms with Crippen molar-refractivity contribution in [2.45, 2.75) is 26.8 Å². The fourth-order valence-electron chi connectivity index (χ4n) is 1.26. The van der Waals surface area contributed by atoms with Gasteiger partial charge in [-0.05, 0) is 18.9 Å². The molecule has 6 heteroatoms. The second kappa shape index (κ2) is 6.55. The first-order chi connectivity index (χ1) is 8.54. The van der Waals surface area contributed by atoms with Gasteiger partial charge in [0.15, 0.2) is 5.82 Å². The molecule has 0 aliphatic rings. The molecule has 1 aromatic heterocycles. The summed E-state index contributed by atoms with van der Waals surface area (Å²) < 4.78 is 0. The lowest BCUT2D eigenvalue weighted by Crippen LogP contribution is -2.39. The molecule has 0 saturated carbocycles. The molecule has 1 unspecified atom stereocenters. The Morgan fingerprint density at radius 3 is 2.83 bits per heavy atom. The lowest BCUT2D eigenvalue weighted by atomic mass is 10.2. The minimum absolute atomic E-state index is 0.127. The van der Waals surface area contributed by atoms with Crippen LogP contribution in [-0.4, -0.2) is 28.7 Å². The van der Waals surface area contributed by atoms with E-state index in [2.05, 4.69) is 20.8 Å². The number of carbonyl (C=O) groups is 1. The van der Waals surface area contributed by atoms with E-state index in [0.717, 1.165) is 0 Å². The summed E-state index contributed by atoms with van der Waals surface area (Å²) in [5, 5.41) is 22.1. The highest BCUT2D eigenvalue weighted by molar-refractivity contribution is 5.84. The first-order valence-corrected chi connectivity index (χ1v) is 5.80. The number of rotatable bonds is 5. The third kappa shape index (κ3) is 4.01. The summed E-state index contributed by atoms with van der Waals surface area (Å²) in [6, 6.07) is 3.08. The van der Waals surface area contributed by atoms with Gasteiger partial charge in [0.25, 0.3) is 0 Å². The Hall–Kier alpha value is -2.16. The topological polar surface area (TPSA) is 90.7 Å². The van der Waals surface area contributed by atoms with E-state index in [-0.39, 0.29) is 5.91 Å². The highest BCUT2D eigenvalue weighted by atomic mass is 16.2. The number of nitriles is 1. The van der Waals surface area contributed by atoms with Crippen LogP contribution < -0.4 is 10.6 Å². The molecule has 1 atom stereocenters. The van der Waals surface area contributed by atoms with Crippen LogP contribution in [0.3, 0.4) is 0 Å². The van der Waals surface area contributed by atoms with E-state index in [1.165, 1.54) is 6.20 Å². The van der Waals surface area contributed by atoms with E-state index in [0.29, 0.717) is 23.8 Å². The molecule has 1 amide bonds. The molecule has 1 heterocycles. The molecule has 0 fully saturated rings. The lowest BCUT2D eigenvalue weighted by molar-refractivity contribution is -0.121. The third-order valence-corrected chi connectivity index (χ3v) is 2.27. The van der Waals surface area contributed by atoms with Crippen molar-refractivity contribution >= 4 is 11.7 Å². The van der Waals surface area contributed by atoms with Gasteiger partial charge in [-0.3, -0.25) is 4.79 Å². The van der Waals surface area contributed by atoms with Crippen molar-refractivity contribution < 1.29 is 4.79 Å². The normalized spacial score (nSPS) is 11.7. The Kier molecular flexibility index (Phi) is 5.06. The van der Waals surface area contributed by atoms with Gasteiger partial charge in [0, 0.05) is 6.54 Å². The molecule has 0 saturated heterocycles. The van der Waals surface area contributed by atoms with Crippen molar-refractivity contribution in [2.24, 2.45) is 5.92 Å². The highest BCUT2D eigenvalue weighted by Gasteiger charge is 2.15. The van der Waals surface area contributed by atoms with Gasteiger partial charge in [0.05, 0.1) is 11.8 Å². The van der Waals surface area contributed by atoms with Gasteiger partial charge in [-0.1, -0.05) is 13.8 Å². The standard InChI is InChI=1S/C12H17N5O/c1-8(2)7-14-12(18)9(3)16-11-10(6-13)4-5-15-17-11/h4-5,8-9H,7H2,1-3H3,(H,14,18)(H,16,17). The predicted octanol–water partition coefficient (Wildman–Crippen LogP) is 0.921. The monoisotopic (exact) mass is 247 g/mol. The molecular formula is C12H17N5O. The van der Waals surface area contributed by atoms with Crippen LogP contribution in [0.1, 0.15) is 26.3 Å². The largest absolute Gasteiger partial charge is 0.356 e. The molecule has 0 aliphatic heterocycles. The third-order valence-electron chi connectivity index (χ3n) is 2.27. The average molecular weight is 247 g/mol. The number of amides is 1. The molecular weight excluding hydrogens is 230 g/mol. The second-order valence-electron chi connectivity index (χ2n) is 4.41. The van der Waals surface area contributed by atoms with Gasteiger partial charge in [-0.15, -0.1) is 5.10 Å². The minimum atomic E-state index is -0.465. The highest BCUT2D eigenvalue weighted by Crippen LogP contribution is 2.09. The number of carbonyl (C=O) groups excluding carboxylic acids is 1. The first kappa shape index (κ1) is 13.9. The maximum absolute atomic E-state index is 11.7. The number of hydrogen-bond acceptors (Lipinski definition) is 5. The number of nitrogens with zero attached hydrogens (tertiary/aromatic N) is 3. The van der Waals surface area contributed by atoms with E-state index < -0.39 is 6.04 Å². The summed E-state index contributed by atoms with van der Waals surface area (Å²) >= 11 is 0. The van der Waals surface area contributed by atoms with Crippen molar-refractivity contribution in [1.82, 2.24) is 15.5 Å². The number of nitrogens with one attached hydrogen (secondary N) is 2. The Balaban J connectivity index is 2.61. The fourth-order valence-corrected chi connectivity index (χ4v) is 1.26. The molecule has 18 heavy (non-hydrogen) atoms. The van der Waals surface area contributed by atoms with Gasteiger partial charge in [0.2, 0.25) is 5.91 Å². The molecule has 6 nitrogen and oxygen atoms in total. The molecule has 0 aromatic carbocycles. The zero-order valence-corrected chi connectivity index (χ0v) is 10.8. The molecule has 0 bridgehead atoms. The first-order valence-electron chi connectivity index (χ1n) is 5.80. The van der Waals surface area contributed by atoms with Crippen LogP contribution in [0.4, 0.5) is 5.82 Å². The summed E-state index contributed by atoms with van der Waals surface area (Å²) in [5.74, 6) is 0.595. The SMILES string of the molecule is CC(C)CNC(=O)C(C)Nc1nnccc1C#N. The van der Waals surface area contributed by atoms with E-state index in [1.807, 2.05) is 19.9 Å². The molecule has 0 aliphatic carbocycles. The smallest absolute Gasteiger partial charge is 0.242 e. The maximum atomic E-state index is 11.7. The van der Waals surface area contributed by atoms with Crippen LogP contribution in [-0.2, 0) is 4.79 Å². The van der Waals surface area contributed by atoms with Gasteiger partial charge < -0.3 is 10.6 Å². The van der Waals surface area contributed by atoms with Gasteiger partial charge in [-0.25, -0.2) is 0 Å². The second-order valence-corrected chi connectivity index (χ2v) is 4.41. The van der Waals surface area contributed by atoms with Gasteiger partial charge >= 0.3 is 0 Å². The molecule has 1 aromatic rings. The zero-order valence-electron chi connectivity index (χ0n) is 10.8. The van der Waals surface area contributed by atoms with Gasteiger partial charge in [-0.2, -0.15) is 10.4 Å². The molecule has 1 rings (SSSR count). The number of aromatic nitrogens is 2. The van der Waals surface area contributed by atoms with E-state index in [1.54, 1.807) is 13.0 Å². The predicted molar refractivity (Wildman–Crippen MR) is 67.7 cm³/mol. The molecule has 0 radical (unpaired) electrons. The Labute approximate surface area is 106 Å². The summed E-state index contributed by atoms with van der Waals surface area (Å²) in [6.07, 6.45) is 1.44. The average Bonchev–Trinajstić information content (AvgIpc) is 2.36. The Bertz CT molecular complexity index is 452. The number of anilines is 1. The van der Waals surface area contributed by atoms with Crippen molar-refractivity contribution in [1.29, 1.82) is 5.26 Å². The minimum Gasteiger partial charge on any atom is -0.356 e. The summed E-state index contributed by atoms with van der Waals surface area (Å²) in [4.78, 5) is 11.7. The van der Waals surface area contributed by atoms with E-state index in [9.17, 15) is 4.79 Å². The van der Waals surface area contributed by atoms with Crippen molar-refractivity contribution in [3.63, 3.8) is 0 Å². The quantitative estimate of drug-likeness (QED) is 0.807. The Morgan fingerprint density at radius 1 is 1.50 bits per heavy atom. The van der Waals surface area contributed by atoms with Crippen molar-refractivity contribution in [3.05, 3.63) is 17.8 Å². The zero-order chi connectivity index (χ0) is 13.5. The van der Waals surface area contributed by atoms with Crippen LogP contribution in [0.25, 0.3) is 0 Å². The van der Waals surface area contributed by atoms with Crippen molar-refractivity contribution in [2.75, 3.05) is 11.9 Å². The fraction of sp³-hybridized carbons (Fsp3) is 0.500.